The summed E-state index contributed by atoms with van der Waals surface area (Å²) in [6.07, 6.45) is 0.743. The third-order valence-electron chi connectivity index (χ3n) is 1.53. The van der Waals surface area contributed by atoms with Crippen molar-refractivity contribution in [2.45, 2.75) is 27.2 Å². The highest BCUT2D eigenvalue weighted by Crippen LogP contribution is 2.20. The van der Waals surface area contributed by atoms with Crippen molar-refractivity contribution in [2.75, 3.05) is 5.75 Å². The van der Waals surface area contributed by atoms with Gasteiger partial charge in [0.15, 0.2) is 0 Å². The van der Waals surface area contributed by atoms with E-state index in [0.717, 1.165) is 6.42 Å². The molecule has 0 spiro atoms. The molecule has 0 aliphatic carbocycles. The predicted octanol–water partition coefficient (Wildman–Crippen LogP) is 1.31. The molecule has 0 aliphatic rings. The Bertz CT molecular complexity index is 191. The molecule has 0 aliphatic heterocycles. The first-order valence-electron chi connectivity index (χ1n) is 3.22. The molecular weight excluding hydrogens is 152 g/mol. The van der Waals surface area contributed by atoms with Gasteiger partial charge in [-0.3, -0.25) is 4.55 Å². The molecule has 0 aromatic rings. The van der Waals surface area contributed by atoms with Gasteiger partial charge in [-0.1, -0.05) is 20.8 Å². The van der Waals surface area contributed by atoms with E-state index in [4.69, 9.17) is 4.55 Å². The average Bonchev–Trinajstić information content (AvgIpc) is 1.60. The smallest absolute Gasteiger partial charge is 0.265 e. The van der Waals surface area contributed by atoms with Crippen LogP contribution >= 0.6 is 0 Å². The highest BCUT2D eigenvalue weighted by atomic mass is 32.2. The summed E-state index contributed by atoms with van der Waals surface area (Å²) in [6, 6.07) is 0. The van der Waals surface area contributed by atoms with Gasteiger partial charge in [0.05, 0.1) is 5.75 Å². The van der Waals surface area contributed by atoms with E-state index in [9.17, 15) is 8.42 Å². The van der Waals surface area contributed by atoms with Crippen molar-refractivity contribution in [3.05, 3.63) is 0 Å². The minimum absolute atomic E-state index is 0.156. The summed E-state index contributed by atoms with van der Waals surface area (Å²) < 4.78 is 29.2. The molecule has 1 N–H and O–H groups in total. The topological polar surface area (TPSA) is 54.4 Å². The fourth-order valence-corrected chi connectivity index (χ4v) is 1.79. The molecule has 0 rings (SSSR count). The third-order valence-corrected chi connectivity index (χ3v) is 2.68. The van der Waals surface area contributed by atoms with Crippen molar-refractivity contribution in [1.29, 1.82) is 0 Å². The van der Waals surface area contributed by atoms with Gasteiger partial charge in [0.1, 0.15) is 0 Å². The van der Waals surface area contributed by atoms with Crippen LogP contribution in [-0.4, -0.2) is 18.7 Å². The number of hydrogen-bond donors (Lipinski definition) is 1. The lowest BCUT2D eigenvalue weighted by atomic mass is 9.93. The second kappa shape index (κ2) is 2.88. The lowest BCUT2D eigenvalue weighted by Gasteiger charge is -2.19. The monoisotopic (exact) mass is 166 g/mol. The Morgan fingerprint density at radius 1 is 1.40 bits per heavy atom. The van der Waals surface area contributed by atoms with E-state index in [0.29, 0.717) is 0 Å². The van der Waals surface area contributed by atoms with Crippen LogP contribution in [-0.2, 0) is 10.1 Å². The van der Waals surface area contributed by atoms with E-state index < -0.39 is 10.1 Å². The Labute approximate surface area is 62.2 Å². The molecule has 62 valence electrons. The van der Waals surface area contributed by atoms with Gasteiger partial charge in [0.2, 0.25) is 0 Å². The molecule has 0 saturated carbocycles. The van der Waals surface area contributed by atoms with Crippen LogP contribution in [0.1, 0.15) is 27.2 Å². The molecule has 0 atom stereocenters. The Balaban J connectivity index is 4.16. The first-order valence-corrected chi connectivity index (χ1v) is 4.83. The van der Waals surface area contributed by atoms with Gasteiger partial charge in [-0.05, 0) is 11.8 Å². The summed E-state index contributed by atoms with van der Waals surface area (Å²) in [5.74, 6) is -0.156. The van der Waals surface area contributed by atoms with E-state index in [1.807, 2.05) is 6.92 Å². The molecule has 0 bridgehead atoms. The molecule has 0 aromatic heterocycles. The Morgan fingerprint density at radius 2 is 1.80 bits per heavy atom. The van der Waals surface area contributed by atoms with Gasteiger partial charge < -0.3 is 0 Å². The zero-order valence-corrected chi connectivity index (χ0v) is 7.40. The highest BCUT2D eigenvalue weighted by Gasteiger charge is 2.22. The minimum Gasteiger partial charge on any atom is -0.286 e. The van der Waals surface area contributed by atoms with Crippen molar-refractivity contribution in [3.63, 3.8) is 0 Å². The van der Waals surface area contributed by atoms with Crippen LogP contribution in [0.3, 0.4) is 0 Å². The zero-order chi connectivity index (χ0) is 8.41. The van der Waals surface area contributed by atoms with Crippen molar-refractivity contribution in [3.8, 4) is 0 Å². The number of hydrogen-bond acceptors (Lipinski definition) is 2. The van der Waals surface area contributed by atoms with E-state index >= 15 is 0 Å². The van der Waals surface area contributed by atoms with Gasteiger partial charge in [0.25, 0.3) is 10.1 Å². The average molecular weight is 166 g/mol. The van der Waals surface area contributed by atoms with Gasteiger partial charge in [-0.2, -0.15) is 8.42 Å². The van der Waals surface area contributed by atoms with Crippen molar-refractivity contribution in [1.82, 2.24) is 0 Å². The maximum absolute atomic E-state index is 10.4. The van der Waals surface area contributed by atoms with E-state index in [1.165, 1.54) is 0 Å². The van der Waals surface area contributed by atoms with E-state index in [-0.39, 0.29) is 11.2 Å². The van der Waals surface area contributed by atoms with E-state index in [1.54, 1.807) is 13.8 Å². The normalized spacial score (nSPS) is 13.6. The highest BCUT2D eigenvalue weighted by molar-refractivity contribution is 7.85. The Morgan fingerprint density at radius 3 is 1.90 bits per heavy atom. The first kappa shape index (κ1) is 9.91. The van der Waals surface area contributed by atoms with Crippen molar-refractivity contribution in [2.24, 2.45) is 5.41 Å². The SMILES string of the molecule is CCC(C)(C)CS(=O)(=O)O. The lowest BCUT2D eigenvalue weighted by molar-refractivity contribution is 0.377. The van der Waals surface area contributed by atoms with E-state index in [2.05, 4.69) is 0 Å². The fraction of sp³-hybridized carbons (Fsp3) is 1.00. The van der Waals surface area contributed by atoms with Gasteiger partial charge in [0, 0.05) is 0 Å². The maximum Gasteiger partial charge on any atom is 0.265 e. The zero-order valence-electron chi connectivity index (χ0n) is 6.59. The molecule has 0 amide bonds. The molecule has 0 radical (unpaired) electrons. The second-order valence-corrected chi connectivity index (χ2v) is 4.70. The lowest BCUT2D eigenvalue weighted by Crippen LogP contribution is -2.22. The van der Waals surface area contributed by atoms with Crippen molar-refractivity contribution >= 4 is 10.1 Å². The molecule has 4 heteroatoms. The summed E-state index contributed by atoms with van der Waals surface area (Å²) in [4.78, 5) is 0. The summed E-state index contributed by atoms with van der Waals surface area (Å²) in [5, 5.41) is 0. The Hall–Kier alpha value is -0.0900. The van der Waals surface area contributed by atoms with Gasteiger partial charge in [-0.15, -0.1) is 0 Å². The molecule has 10 heavy (non-hydrogen) atoms. The standard InChI is InChI=1S/C6H14O3S/c1-4-6(2,3)5-10(7,8)9/h4-5H2,1-3H3,(H,7,8,9). The quantitative estimate of drug-likeness (QED) is 0.643. The summed E-state index contributed by atoms with van der Waals surface area (Å²) in [7, 11) is -3.79. The molecule has 0 fully saturated rings. The summed E-state index contributed by atoms with van der Waals surface area (Å²) >= 11 is 0. The van der Waals surface area contributed by atoms with Crippen LogP contribution in [0.15, 0.2) is 0 Å². The summed E-state index contributed by atoms with van der Waals surface area (Å²) in [5.41, 5.74) is -0.312. The molecule has 0 heterocycles. The van der Waals surface area contributed by atoms with Crippen LogP contribution < -0.4 is 0 Å². The number of rotatable bonds is 3. The van der Waals surface area contributed by atoms with Crippen LogP contribution in [0, 0.1) is 5.41 Å². The maximum atomic E-state index is 10.4. The Kier molecular flexibility index (Phi) is 2.86. The summed E-state index contributed by atoms with van der Waals surface area (Å²) in [6.45, 7) is 5.51. The van der Waals surface area contributed by atoms with Crippen LogP contribution in [0.5, 0.6) is 0 Å². The van der Waals surface area contributed by atoms with Crippen LogP contribution in [0.25, 0.3) is 0 Å². The van der Waals surface area contributed by atoms with Crippen molar-refractivity contribution < 1.29 is 13.0 Å². The van der Waals surface area contributed by atoms with Gasteiger partial charge in [-0.25, -0.2) is 0 Å². The molecule has 0 saturated heterocycles. The predicted molar refractivity (Wildman–Crippen MR) is 40.5 cm³/mol. The van der Waals surface area contributed by atoms with Crippen LogP contribution in [0.4, 0.5) is 0 Å². The molecule has 0 aromatic carbocycles. The molecule has 0 unspecified atom stereocenters. The minimum atomic E-state index is -3.79. The third kappa shape index (κ3) is 4.76. The largest absolute Gasteiger partial charge is 0.286 e. The van der Waals surface area contributed by atoms with Crippen LogP contribution in [0.2, 0.25) is 0 Å². The molecular formula is C6H14O3S. The van der Waals surface area contributed by atoms with Gasteiger partial charge >= 0.3 is 0 Å². The fourth-order valence-electron chi connectivity index (χ4n) is 0.596. The molecule has 3 nitrogen and oxygen atoms in total. The first-order chi connectivity index (χ1) is 4.27. The second-order valence-electron chi connectivity index (χ2n) is 3.24.